The summed E-state index contributed by atoms with van der Waals surface area (Å²) in [6.07, 6.45) is 3.03. The van der Waals surface area contributed by atoms with E-state index in [2.05, 4.69) is 5.32 Å². The predicted octanol–water partition coefficient (Wildman–Crippen LogP) is 4.30. The summed E-state index contributed by atoms with van der Waals surface area (Å²) in [6.45, 7) is 0.733. The zero-order chi connectivity index (χ0) is 28.8. The van der Waals surface area contributed by atoms with Crippen molar-refractivity contribution in [1.29, 1.82) is 0 Å². The molecule has 1 aromatic heterocycles. The van der Waals surface area contributed by atoms with Gasteiger partial charge in [-0.1, -0.05) is 23.7 Å². The van der Waals surface area contributed by atoms with Crippen molar-refractivity contribution in [1.82, 2.24) is 10.2 Å². The average Bonchev–Trinajstić information content (AvgIpc) is 3.68. The molecule has 4 aromatic rings. The molecule has 3 aromatic carbocycles. The predicted molar refractivity (Wildman–Crippen MR) is 157 cm³/mol. The van der Waals surface area contributed by atoms with Crippen LogP contribution in [0.25, 0.3) is 22.3 Å². The first-order valence-corrected chi connectivity index (χ1v) is 14.9. The van der Waals surface area contributed by atoms with E-state index in [-0.39, 0.29) is 18.4 Å². The zero-order valence-electron chi connectivity index (χ0n) is 23.0. The summed E-state index contributed by atoms with van der Waals surface area (Å²) < 4.78 is 47.7. The molecule has 10 heteroatoms. The van der Waals surface area contributed by atoms with Crippen molar-refractivity contribution < 1.29 is 22.0 Å². The molecule has 0 spiro atoms. The van der Waals surface area contributed by atoms with Crippen LogP contribution in [-0.2, 0) is 23.1 Å². The third kappa shape index (κ3) is 5.64. The Kier molecular flexibility index (Phi) is 7.50. The van der Waals surface area contributed by atoms with E-state index in [1.165, 1.54) is 29.7 Å². The number of halogens is 1. The fraction of sp³-hybridized carbons (Fsp3) is 0.300. The van der Waals surface area contributed by atoms with Gasteiger partial charge in [0, 0.05) is 30.6 Å². The highest BCUT2D eigenvalue weighted by Gasteiger charge is 2.33. The summed E-state index contributed by atoms with van der Waals surface area (Å²) in [5, 5.41) is 3.25. The molecule has 1 amide bonds. The zero-order valence-corrected chi connectivity index (χ0v) is 23.8. The second kappa shape index (κ2) is 10.7. The molecule has 0 atom stereocenters. The number of fused-ring (bicyclic) bond motifs is 1. The third-order valence-corrected chi connectivity index (χ3v) is 8.23. The number of hydrogen-bond acceptors (Lipinski definition) is 5. The maximum atomic E-state index is 13.6. The molecule has 1 N–H and O–H groups in total. The number of carbonyl (C=O) groups excluding carboxylic acids is 1. The van der Waals surface area contributed by atoms with Crippen LogP contribution in [0.15, 0.2) is 59.0 Å². The number of sulfonamides is 1. The molecular weight excluding hydrogens is 528 g/mol. The Morgan fingerprint density at radius 1 is 1.07 bits per heavy atom. The number of furan rings is 1. The molecule has 1 aliphatic carbocycles. The molecule has 206 valence electrons. The lowest BCUT2D eigenvalue weighted by atomic mass is 9.89. The van der Waals surface area contributed by atoms with Crippen LogP contribution in [-0.4, -0.2) is 54.5 Å². The van der Waals surface area contributed by atoms with Gasteiger partial charge in [0.05, 0.1) is 24.1 Å². The number of rotatable bonds is 9. The minimum absolute atomic E-state index is 0.110. The van der Waals surface area contributed by atoms with Crippen molar-refractivity contribution in [3.8, 4) is 11.3 Å². The van der Waals surface area contributed by atoms with Gasteiger partial charge < -0.3 is 14.6 Å². The van der Waals surface area contributed by atoms with E-state index in [0.717, 1.165) is 29.5 Å². The Morgan fingerprint density at radius 2 is 1.77 bits per heavy atom. The molecule has 1 fully saturated rings. The van der Waals surface area contributed by atoms with Gasteiger partial charge >= 0.3 is 0 Å². The summed E-state index contributed by atoms with van der Waals surface area (Å²) >= 11 is 0. The van der Waals surface area contributed by atoms with E-state index in [1.54, 1.807) is 24.3 Å². The number of nitrogens with zero attached hydrogens (tertiary/aromatic N) is 2. The molecule has 0 saturated heterocycles. The van der Waals surface area contributed by atoms with Crippen LogP contribution in [0.2, 0.25) is 0 Å². The molecule has 1 saturated carbocycles. The first-order valence-electron chi connectivity index (χ1n) is 13.0. The van der Waals surface area contributed by atoms with Gasteiger partial charge in [-0.25, -0.2) is 12.8 Å². The summed E-state index contributed by atoms with van der Waals surface area (Å²) in [5.74, 6) is -0.283. The third-order valence-electron chi connectivity index (χ3n) is 7.10. The van der Waals surface area contributed by atoms with Crippen LogP contribution < -0.4 is 15.1 Å². The Bertz CT molecular complexity index is 1700. The van der Waals surface area contributed by atoms with E-state index in [0.29, 0.717) is 45.6 Å². The van der Waals surface area contributed by atoms with Gasteiger partial charge in [-0.15, -0.1) is 0 Å². The van der Waals surface area contributed by atoms with Crippen molar-refractivity contribution >= 4 is 45.9 Å². The Balaban J connectivity index is 1.68. The van der Waals surface area contributed by atoms with E-state index in [1.807, 2.05) is 37.2 Å². The second-order valence-corrected chi connectivity index (χ2v) is 12.5. The van der Waals surface area contributed by atoms with Crippen molar-refractivity contribution in [2.45, 2.75) is 31.8 Å². The van der Waals surface area contributed by atoms with E-state index >= 15 is 0 Å². The number of benzene rings is 3. The summed E-state index contributed by atoms with van der Waals surface area (Å²) in [7, 11) is 7.90. The number of amides is 1. The molecule has 0 bridgehead atoms. The Hall–Kier alpha value is -3.63. The largest absolute Gasteiger partial charge is 0.455 e. The Labute approximate surface area is 235 Å². The van der Waals surface area contributed by atoms with E-state index in [9.17, 15) is 17.6 Å². The van der Waals surface area contributed by atoms with Gasteiger partial charge in [0.25, 0.3) is 5.91 Å². The summed E-state index contributed by atoms with van der Waals surface area (Å²) in [4.78, 5) is 15.0. The van der Waals surface area contributed by atoms with Gasteiger partial charge in [-0.2, -0.15) is 0 Å². The van der Waals surface area contributed by atoms with Crippen LogP contribution in [0.4, 0.5) is 10.1 Å². The van der Waals surface area contributed by atoms with E-state index < -0.39 is 15.8 Å². The monoisotopic (exact) mass is 559 g/mol. The molecular formula is C30H31BFN3O4S. The van der Waals surface area contributed by atoms with Gasteiger partial charge in [0.2, 0.25) is 10.0 Å². The van der Waals surface area contributed by atoms with Gasteiger partial charge in [-0.05, 0) is 79.9 Å². The molecule has 0 aliphatic heterocycles. The highest BCUT2D eigenvalue weighted by atomic mass is 32.2. The molecule has 1 aliphatic rings. The number of carbonyl (C=O) groups is 1. The summed E-state index contributed by atoms with van der Waals surface area (Å²) in [6, 6.07) is 14.9. The standard InChI is InChI=1S/C30H31BFN3O4S/c1-33-30(36)28-24-14-23(19-6-7-19)26(15-27(24)39-29(28)20-8-10-22(32)11-9-20)35(40(4,37)38)16-18-5-12-25(31)21(13-18)17-34(2)3/h5,8-15,19H,6-7,16-17H2,1-4H3,(H,33,36). The van der Waals surface area contributed by atoms with Crippen LogP contribution in [0, 0.1) is 5.82 Å². The molecule has 2 radical (unpaired) electrons. The fourth-order valence-corrected chi connectivity index (χ4v) is 5.92. The minimum atomic E-state index is -3.71. The maximum absolute atomic E-state index is 13.6. The van der Waals surface area contributed by atoms with Gasteiger partial charge in [0.1, 0.15) is 25.0 Å². The van der Waals surface area contributed by atoms with Crippen LogP contribution in [0.3, 0.4) is 0 Å². The lowest BCUT2D eigenvalue weighted by Crippen LogP contribution is -2.30. The lowest BCUT2D eigenvalue weighted by molar-refractivity contribution is 0.0964. The smallest absolute Gasteiger partial charge is 0.255 e. The maximum Gasteiger partial charge on any atom is 0.255 e. The molecule has 0 unspecified atom stereocenters. The van der Waals surface area contributed by atoms with Crippen molar-refractivity contribution in [2.24, 2.45) is 0 Å². The SMILES string of the molecule is [B]c1ccc(CN(c2cc3oc(-c4ccc(F)cc4)c(C(=O)NC)c3cc2C2CC2)S(C)(=O)=O)cc1CN(C)C. The first-order chi connectivity index (χ1) is 19.0. The van der Waals surface area contributed by atoms with Crippen LogP contribution in [0.5, 0.6) is 0 Å². The highest BCUT2D eigenvalue weighted by molar-refractivity contribution is 7.92. The van der Waals surface area contributed by atoms with Gasteiger partial charge in [0.15, 0.2) is 0 Å². The van der Waals surface area contributed by atoms with Crippen molar-refractivity contribution in [3.63, 3.8) is 0 Å². The number of anilines is 1. The highest BCUT2D eigenvalue weighted by Crippen LogP contribution is 2.48. The quantitative estimate of drug-likeness (QED) is 0.310. The first kappa shape index (κ1) is 27.9. The average molecular weight is 559 g/mol. The van der Waals surface area contributed by atoms with Crippen molar-refractivity contribution in [2.75, 3.05) is 31.7 Å². The Morgan fingerprint density at radius 3 is 2.38 bits per heavy atom. The topological polar surface area (TPSA) is 82.9 Å². The lowest BCUT2D eigenvalue weighted by Gasteiger charge is -2.26. The molecule has 1 heterocycles. The normalized spacial score (nSPS) is 13.7. The fourth-order valence-electron chi connectivity index (χ4n) is 5.02. The molecule has 5 rings (SSSR count). The molecule has 7 nitrogen and oxygen atoms in total. The van der Waals surface area contributed by atoms with Crippen LogP contribution in [0.1, 0.15) is 45.8 Å². The number of nitrogens with one attached hydrogen (secondary N) is 1. The minimum Gasteiger partial charge on any atom is -0.455 e. The van der Waals surface area contributed by atoms with Crippen LogP contribution >= 0.6 is 0 Å². The number of hydrogen-bond donors (Lipinski definition) is 1. The van der Waals surface area contributed by atoms with Crippen molar-refractivity contribution in [3.05, 3.63) is 82.7 Å². The van der Waals surface area contributed by atoms with Gasteiger partial charge in [-0.3, -0.25) is 9.10 Å². The summed E-state index contributed by atoms with van der Waals surface area (Å²) in [5.41, 5.74) is 4.97. The second-order valence-electron chi connectivity index (χ2n) is 10.6. The van der Waals surface area contributed by atoms with E-state index in [4.69, 9.17) is 12.3 Å². The molecule has 40 heavy (non-hydrogen) atoms.